The minimum Gasteiger partial charge on any atom is -0.481 e. The number of carboxylic acid groups (broad SMARTS) is 1. The first-order valence-corrected chi connectivity index (χ1v) is 13.1. The predicted molar refractivity (Wildman–Crippen MR) is 123 cm³/mol. The molecule has 5 fully saturated rings. The van der Waals surface area contributed by atoms with Gasteiger partial charge in [-0.2, -0.15) is 0 Å². The van der Waals surface area contributed by atoms with Gasteiger partial charge >= 0.3 is 5.97 Å². The Balaban J connectivity index is 1.38. The zero-order valence-electron chi connectivity index (χ0n) is 20.1. The fraction of sp³-hybridized carbons (Fsp3) is 0.821. The average Bonchev–Trinajstić information content (AvgIpc) is 3.20. The Hall–Kier alpha value is -1.13. The van der Waals surface area contributed by atoms with Gasteiger partial charge in [0.2, 0.25) is 0 Å². The van der Waals surface area contributed by atoms with Crippen molar-refractivity contribution >= 4 is 5.97 Å². The first-order valence-electron chi connectivity index (χ1n) is 13.1. The van der Waals surface area contributed by atoms with Crippen LogP contribution in [0.3, 0.4) is 0 Å². The lowest BCUT2D eigenvalue weighted by Gasteiger charge is -2.60. The molecule has 176 valence electrons. The fourth-order valence-electron chi connectivity index (χ4n) is 9.90. The SMILES string of the molecule is C=C1CC[C@@]2(OC1)O[C@H]1C[C@H]3[C@@H]4CC=C5CCCC[C@]5(C)[C@H]4C[C@@H](C(=O)O)[C@]3(C)[C@H]1[C@@H]2C. The summed E-state index contributed by atoms with van der Waals surface area (Å²) in [6.45, 7) is 11.7. The number of allylic oxidation sites excluding steroid dienone is 2. The lowest BCUT2D eigenvalue weighted by molar-refractivity contribution is -0.256. The zero-order chi connectivity index (χ0) is 22.5. The molecule has 6 aliphatic rings. The van der Waals surface area contributed by atoms with Crippen molar-refractivity contribution in [1.29, 1.82) is 0 Å². The second-order valence-electron chi connectivity index (χ2n) is 12.5. The number of fused-ring (bicyclic) bond motifs is 7. The molecule has 32 heavy (non-hydrogen) atoms. The van der Waals surface area contributed by atoms with E-state index in [2.05, 4.69) is 33.4 Å². The largest absolute Gasteiger partial charge is 0.481 e. The summed E-state index contributed by atoms with van der Waals surface area (Å²) in [5, 5.41) is 10.6. The van der Waals surface area contributed by atoms with Gasteiger partial charge in [0.25, 0.3) is 0 Å². The minimum atomic E-state index is -0.585. The van der Waals surface area contributed by atoms with Crippen LogP contribution in [0.2, 0.25) is 0 Å². The fourth-order valence-corrected chi connectivity index (χ4v) is 9.90. The van der Waals surface area contributed by atoms with Crippen molar-refractivity contribution in [2.45, 2.75) is 90.4 Å². The second kappa shape index (κ2) is 6.95. The monoisotopic (exact) mass is 440 g/mol. The van der Waals surface area contributed by atoms with E-state index in [1.54, 1.807) is 5.57 Å². The molecule has 1 spiro atoms. The van der Waals surface area contributed by atoms with E-state index in [1.807, 2.05) is 0 Å². The number of aliphatic carboxylic acids is 1. The maximum absolute atomic E-state index is 12.8. The lowest BCUT2D eigenvalue weighted by Crippen LogP contribution is -2.57. The topological polar surface area (TPSA) is 55.8 Å². The number of hydrogen-bond acceptors (Lipinski definition) is 3. The van der Waals surface area contributed by atoms with Crippen LogP contribution in [0, 0.1) is 46.3 Å². The molecule has 2 aliphatic heterocycles. The number of hydrogen-bond donors (Lipinski definition) is 1. The summed E-state index contributed by atoms with van der Waals surface area (Å²) < 4.78 is 13.1. The summed E-state index contributed by atoms with van der Waals surface area (Å²) in [4.78, 5) is 12.8. The Morgan fingerprint density at radius 1 is 1.16 bits per heavy atom. The van der Waals surface area contributed by atoms with Crippen molar-refractivity contribution in [1.82, 2.24) is 0 Å². The minimum absolute atomic E-state index is 0.122. The van der Waals surface area contributed by atoms with Gasteiger partial charge in [-0.25, -0.2) is 0 Å². The summed E-state index contributed by atoms with van der Waals surface area (Å²) in [6, 6.07) is 0. The molecule has 0 aromatic carbocycles. The number of ether oxygens (including phenoxy) is 2. The molecule has 0 unspecified atom stereocenters. The van der Waals surface area contributed by atoms with Crippen molar-refractivity contribution < 1.29 is 19.4 Å². The molecule has 0 bridgehead atoms. The molecule has 0 radical (unpaired) electrons. The molecule has 4 heteroatoms. The normalized spacial score (nSPS) is 54.4. The first-order chi connectivity index (χ1) is 15.2. The lowest BCUT2D eigenvalue weighted by atomic mass is 9.44. The Bertz CT molecular complexity index is 865. The molecule has 0 amide bonds. The molecule has 10 atom stereocenters. The van der Waals surface area contributed by atoms with Gasteiger partial charge in [0.1, 0.15) is 0 Å². The molecule has 3 saturated carbocycles. The predicted octanol–water partition coefficient (Wildman–Crippen LogP) is 5.97. The van der Waals surface area contributed by atoms with Crippen LogP contribution in [-0.4, -0.2) is 29.6 Å². The molecule has 2 heterocycles. The van der Waals surface area contributed by atoms with Crippen LogP contribution in [0.4, 0.5) is 0 Å². The molecule has 6 rings (SSSR count). The number of rotatable bonds is 1. The molecule has 2 saturated heterocycles. The highest BCUT2D eigenvalue weighted by Crippen LogP contribution is 2.72. The maximum Gasteiger partial charge on any atom is 0.307 e. The van der Waals surface area contributed by atoms with E-state index in [4.69, 9.17) is 9.47 Å². The molecular weight excluding hydrogens is 400 g/mol. The summed E-state index contributed by atoms with van der Waals surface area (Å²) in [5.41, 5.74) is 2.75. The van der Waals surface area contributed by atoms with E-state index in [1.165, 1.54) is 25.7 Å². The molecule has 1 N–H and O–H groups in total. The van der Waals surface area contributed by atoms with E-state index in [0.717, 1.165) is 37.7 Å². The zero-order valence-corrected chi connectivity index (χ0v) is 20.1. The molecular formula is C28H40O4. The Morgan fingerprint density at radius 3 is 2.69 bits per heavy atom. The Kier molecular flexibility index (Phi) is 4.65. The van der Waals surface area contributed by atoms with E-state index < -0.39 is 11.8 Å². The number of carbonyl (C=O) groups is 1. The summed E-state index contributed by atoms with van der Waals surface area (Å²) in [6.07, 6.45) is 12.5. The molecule has 4 nitrogen and oxygen atoms in total. The first kappa shape index (κ1) is 21.4. The molecule has 4 aliphatic carbocycles. The van der Waals surface area contributed by atoms with Gasteiger partial charge in [0, 0.05) is 12.3 Å². The third kappa shape index (κ3) is 2.60. The van der Waals surface area contributed by atoms with Crippen molar-refractivity contribution in [2.75, 3.05) is 6.61 Å². The second-order valence-corrected chi connectivity index (χ2v) is 12.5. The van der Waals surface area contributed by atoms with Crippen LogP contribution in [0.25, 0.3) is 0 Å². The summed E-state index contributed by atoms with van der Waals surface area (Å²) in [5.74, 6) is 0.567. The van der Waals surface area contributed by atoms with Crippen molar-refractivity contribution in [3.63, 3.8) is 0 Å². The van der Waals surface area contributed by atoms with Crippen molar-refractivity contribution in [3.05, 3.63) is 23.8 Å². The third-order valence-electron chi connectivity index (χ3n) is 11.5. The van der Waals surface area contributed by atoms with Crippen LogP contribution in [0.5, 0.6) is 0 Å². The van der Waals surface area contributed by atoms with Gasteiger partial charge in [-0.15, -0.1) is 0 Å². The van der Waals surface area contributed by atoms with E-state index >= 15 is 0 Å². The van der Waals surface area contributed by atoms with Crippen molar-refractivity contribution in [3.8, 4) is 0 Å². The third-order valence-corrected chi connectivity index (χ3v) is 11.5. The van der Waals surface area contributed by atoms with Crippen LogP contribution in [0.15, 0.2) is 23.8 Å². The summed E-state index contributed by atoms with van der Waals surface area (Å²) in [7, 11) is 0. The van der Waals surface area contributed by atoms with Gasteiger partial charge in [-0.3, -0.25) is 4.79 Å². The Labute approximate surface area is 192 Å². The smallest absolute Gasteiger partial charge is 0.307 e. The Morgan fingerprint density at radius 2 is 1.97 bits per heavy atom. The van der Waals surface area contributed by atoms with Crippen LogP contribution in [0.1, 0.15) is 78.6 Å². The van der Waals surface area contributed by atoms with E-state index in [0.29, 0.717) is 24.4 Å². The van der Waals surface area contributed by atoms with E-state index in [-0.39, 0.29) is 34.7 Å². The van der Waals surface area contributed by atoms with E-state index in [9.17, 15) is 9.90 Å². The van der Waals surface area contributed by atoms with Crippen LogP contribution >= 0.6 is 0 Å². The van der Waals surface area contributed by atoms with Crippen molar-refractivity contribution in [2.24, 2.45) is 46.3 Å². The maximum atomic E-state index is 12.8. The van der Waals surface area contributed by atoms with Gasteiger partial charge in [0.05, 0.1) is 18.6 Å². The van der Waals surface area contributed by atoms with Gasteiger partial charge in [0.15, 0.2) is 5.79 Å². The van der Waals surface area contributed by atoms with Gasteiger partial charge in [-0.1, -0.05) is 51.0 Å². The standard InChI is InChI=1S/C28H40O4/c1-16-10-12-28(31-15-16)17(2)24-23(32-28)14-21-19-9-8-18-7-5-6-11-26(18,3)20(19)13-22(25(29)30)27(21,24)4/h8,17,19-24H,1,5-7,9-15H2,2-4H3,(H,29,30)/t17-,19+,20-,21-,22-,23-,24-,26-,27+,28+/m0/s1. The number of carboxylic acids is 1. The van der Waals surface area contributed by atoms with Gasteiger partial charge in [-0.05, 0) is 79.4 Å². The highest BCUT2D eigenvalue weighted by molar-refractivity contribution is 5.72. The highest BCUT2D eigenvalue weighted by atomic mass is 16.7. The quantitative estimate of drug-likeness (QED) is 0.510. The highest BCUT2D eigenvalue weighted by Gasteiger charge is 2.72. The molecule has 0 aromatic heterocycles. The molecule has 0 aromatic rings. The van der Waals surface area contributed by atoms with Gasteiger partial charge < -0.3 is 14.6 Å². The van der Waals surface area contributed by atoms with Crippen LogP contribution in [-0.2, 0) is 14.3 Å². The average molecular weight is 441 g/mol. The summed E-state index contributed by atoms with van der Waals surface area (Å²) >= 11 is 0. The van der Waals surface area contributed by atoms with Crippen LogP contribution < -0.4 is 0 Å².